The first-order chi connectivity index (χ1) is 16.0. The second-order valence-electron chi connectivity index (χ2n) is 8.48. The van der Waals surface area contributed by atoms with Crippen molar-refractivity contribution in [3.05, 3.63) is 89.5 Å². The number of rotatable bonds is 10. The van der Waals surface area contributed by atoms with Gasteiger partial charge in [0.15, 0.2) is 0 Å². The Labute approximate surface area is 196 Å². The van der Waals surface area contributed by atoms with Gasteiger partial charge in [-0.05, 0) is 58.9 Å². The first-order valence-corrected chi connectivity index (χ1v) is 11.3. The van der Waals surface area contributed by atoms with Crippen molar-refractivity contribution in [3.63, 3.8) is 0 Å². The lowest BCUT2D eigenvalue weighted by Crippen LogP contribution is -2.25. The molecule has 0 unspecified atom stereocenters. The zero-order valence-electron chi connectivity index (χ0n) is 19.6. The van der Waals surface area contributed by atoms with Gasteiger partial charge in [0.05, 0.1) is 13.5 Å². The van der Waals surface area contributed by atoms with Crippen molar-refractivity contribution >= 4 is 11.8 Å². The fraction of sp³-hybridized carbons (Fsp3) is 0.286. The van der Waals surface area contributed by atoms with Gasteiger partial charge >= 0.3 is 0 Å². The lowest BCUT2D eigenvalue weighted by Gasteiger charge is -2.13. The number of hydrogen-bond acceptors (Lipinski definition) is 3. The van der Waals surface area contributed by atoms with Crippen molar-refractivity contribution in [3.8, 4) is 16.9 Å². The highest BCUT2D eigenvalue weighted by Crippen LogP contribution is 2.25. The van der Waals surface area contributed by atoms with E-state index in [0.29, 0.717) is 31.0 Å². The molecule has 0 saturated heterocycles. The summed E-state index contributed by atoms with van der Waals surface area (Å²) >= 11 is 0. The molecule has 3 rings (SSSR count). The van der Waals surface area contributed by atoms with Gasteiger partial charge in [-0.3, -0.25) is 9.59 Å². The summed E-state index contributed by atoms with van der Waals surface area (Å²) in [5, 5.41) is 6.00. The van der Waals surface area contributed by atoms with E-state index in [1.54, 1.807) is 7.11 Å². The van der Waals surface area contributed by atoms with Crippen LogP contribution in [0, 0.1) is 5.92 Å². The molecule has 0 bridgehead atoms. The van der Waals surface area contributed by atoms with E-state index in [-0.39, 0.29) is 11.8 Å². The molecule has 33 heavy (non-hydrogen) atoms. The molecule has 0 atom stereocenters. The van der Waals surface area contributed by atoms with Gasteiger partial charge in [-0.2, -0.15) is 0 Å². The molecule has 0 aliphatic rings. The summed E-state index contributed by atoms with van der Waals surface area (Å²) < 4.78 is 5.16. The number of hydrogen-bond donors (Lipinski definition) is 2. The van der Waals surface area contributed by atoms with E-state index in [1.807, 2.05) is 72.8 Å². The van der Waals surface area contributed by atoms with Crippen LogP contribution in [0.3, 0.4) is 0 Å². The maximum atomic E-state index is 12.5. The number of nitrogens with one attached hydrogen (secondary N) is 2. The van der Waals surface area contributed by atoms with Gasteiger partial charge < -0.3 is 15.4 Å². The minimum atomic E-state index is -0.0669. The molecule has 0 heterocycles. The SMILES string of the molecule is COc1ccc(CC(=O)NCc2ccccc2-c2cccc(C(=O)NCCC(C)C)c2)cc1. The predicted octanol–water partition coefficient (Wildman–Crippen LogP) is 5.00. The molecule has 2 N–H and O–H groups in total. The van der Waals surface area contributed by atoms with Crippen molar-refractivity contribution in [2.24, 2.45) is 5.92 Å². The second-order valence-corrected chi connectivity index (χ2v) is 8.48. The molecule has 0 aliphatic heterocycles. The van der Waals surface area contributed by atoms with E-state index in [9.17, 15) is 9.59 Å². The summed E-state index contributed by atoms with van der Waals surface area (Å²) in [6.07, 6.45) is 1.25. The first kappa shape index (κ1) is 24.1. The lowest BCUT2D eigenvalue weighted by atomic mass is 9.97. The summed E-state index contributed by atoms with van der Waals surface area (Å²) in [4.78, 5) is 25.0. The van der Waals surface area contributed by atoms with Crippen LogP contribution in [0.15, 0.2) is 72.8 Å². The number of carbonyl (C=O) groups is 2. The van der Waals surface area contributed by atoms with E-state index in [0.717, 1.165) is 34.4 Å². The molecule has 2 amide bonds. The van der Waals surface area contributed by atoms with Crippen LogP contribution in [0.5, 0.6) is 5.75 Å². The Morgan fingerprint density at radius 3 is 2.39 bits per heavy atom. The highest BCUT2D eigenvalue weighted by atomic mass is 16.5. The van der Waals surface area contributed by atoms with Crippen molar-refractivity contribution in [2.45, 2.75) is 33.2 Å². The van der Waals surface area contributed by atoms with Gasteiger partial charge in [0.2, 0.25) is 5.91 Å². The molecule has 0 fully saturated rings. The van der Waals surface area contributed by atoms with Gasteiger partial charge in [0, 0.05) is 18.7 Å². The number of amides is 2. The summed E-state index contributed by atoms with van der Waals surface area (Å²) in [6, 6.07) is 23.0. The minimum Gasteiger partial charge on any atom is -0.497 e. The van der Waals surface area contributed by atoms with Crippen LogP contribution in [0.2, 0.25) is 0 Å². The number of carbonyl (C=O) groups excluding carboxylic acids is 2. The zero-order chi connectivity index (χ0) is 23.6. The fourth-order valence-electron chi connectivity index (χ4n) is 3.55. The van der Waals surface area contributed by atoms with Gasteiger partial charge in [0.1, 0.15) is 5.75 Å². The summed E-state index contributed by atoms with van der Waals surface area (Å²) in [5.41, 5.74) is 4.51. The van der Waals surface area contributed by atoms with Crippen LogP contribution in [0.25, 0.3) is 11.1 Å². The van der Waals surface area contributed by atoms with E-state index >= 15 is 0 Å². The van der Waals surface area contributed by atoms with Crippen molar-refractivity contribution < 1.29 is 14.3 Å². The van der Waals surface area contributed by atoms with Gasteiger partial charge in [-0.25, -0.2) is 0 Å². The number of methoxy groups -OCH3 is 1. The smallest absolute Gasteiger partial charge is 0.251 e. The third-order valence-corrected chi connectivity index (χ3v) is 5.46. The first-order valence-electron chi connectivity index (χ1n) is 11.3. The average Bonchev–Trinajstić information content (AvgIpc) is 2.83. The van der Waals surface area contributed by atoms with E-state index in [2.05, 4.69) is 24.5 Å². The summed E-state index contributed by atoms with van der Waals surface area (Å²) in [5.74, 6) is 1.20. The van der Waals surface area contributed by atoms with Crippen molar-refractivity contribution in [1.82, 2.24) is 10.6 Å². The third-order valence-electron chi connectivity index (χ3n) is 5.46. The molecule has 3 aromatic rings. The number of benzene rings is 3. The molecule has 5 heteroatoms. The Kier molecular flexibility index (Phi) is 8.64. The molecule has 0 aromatic heterocycles. The lowest BCUT2D eigenvalue weighted by molar-refractivity contribution is -0.120. The van der Waals surface area contributed by atoms with E-state index < -0.39 is 0 Å². The summed E-state index contributed by atoms with van der Waals surface area (Å²) in [7, 11) is 1.62. The maximum absolute atomic E-state index is 12.5. The topological polar surface area (TPSA) is 67.4 Å². The Bertz CT molecular complexity index is 1070. The molecule has 172 valence electrons. The molecule has 0 radical (unpaired) electrons. The Hall–Kier alpha value is -3.60. The second kappa shape index (κ2) is 11.9. The van der Waals surface area contributed by atoms with E-state index in [4.69, 9.17) is 4.74 Å². The standard InChI is InChI=1S/C28H32N2O3/c1-20(2)15-16-29-28(32)23-9-6-8-22(18-23)26-10-5-4-7-24(26)19-30-27(31)17-21-11-13-25(33-3)14-12-21/h4-14,18,20H,15-17,19H2,1-3H3,(H,29,32)(H,30,31). The fourth-order valence-corrected chi connectivity index (χ4v) is 3.55. The van der Waals surface area contributed by atoms with Crippen LogP contribution in [0.4, 0.5) is 0 Å². The molecular weight excluding hydrogens is 412 g/mol. The predicted molar refractivity (Wildman–Crippen MR) is 132 cm³/mol. The maximum Gasteiger partial charge on any atom is 0.251 e. The third kappa shape index (κ3) is 7.21. The van der Waals surface area contributed by atoms with Crippen LogP contribution < -0.4 is 15.4 Å². The van der Waals surface area contributed by atoms with Crippen LogP contribution in [-0.2, 0) is 17.8 Å². The Balaban J connectivity index is 1.66. The molecule has 0 saturated carbocycles. The molecule has 0 spiro atoms. The minimum absolute atomic E-state index is 0.0479. The molecule has 5 nitrogen and oxygen atoms in total. The van der Waals surface area contributed by atoms with Crippen LogP contribution in [-0.4, -0.2) is 25.5 Å². The van der Waals surface area contributed by atoms with Gasteiger partial charge in [0.25, 0.3) is 5.91 Å². The Morgan fingerprint density at radius 2 is 1.67 bits per heavy atom. The average molecular weight is 445 g/mol. The van der Waals surface area contributed by atoms with Gasteiger partial charge in [-0.1, -0.05) is 62.4 Å². The van der Waals surface area contributed by atoms with Crippen molar-refractivity contribution in [2.75, 3.05) is 13.7 Å². The summed E-state index contributed by atoms with van der Waals surface area (Å²) in [6.45, 7) is 5.35. The molecular formula is C28H32N2O3. The largest absolute Gasteiger partial charge is 0.497 e. The van der Waals surface area contributed by atoms with Crippen molar-refractivity contribution in [1.29, 1.82) is 0 Å². The molecule has 3 aromatic carbocycles. The monoisotopic (exact) mass is 444 g/mol. The van der Waals surface area contributed by atoms with Gasteiger partial charge in [-0.15, -0.1) is 0 Å². The highest BCUT2D eigenvalue weighted by molar-refractivity contribution is 5.95. The number of ether oxygens (including phenoxy) is 1. The molecule has 0 aliphatic carbocycles. The normalized spacial score (nSPS) is 10.7. The van der Waals surface area contributed by atoms with E-state index in [1.165, 1.54) is 0 Å². The quantitative estimate of drug-likeness (QED) is 0.463. The Morgan fingerprint density at radius 1 is 0.909 bits per heavy atom. The van der Waals surface area contributed by atoms with Crippen LogP contribution in [0.1, 0.15) is 41.8 Å². The highest BCUT2D eigenvalue weighted by Gasteiger charge is 2.11. The zero-order valence-corrected chi connectivity index (χ0v) is 19.6. The van der Waals surface area contributed by atoms with Crippen LogP contribution >= 0.6 is 0 Å².